The fourth-order valence-electron chi connectivity index (χ4n) is 2.08. The molecule has 18 heavy (non-hydrogen) atoms. The minimum atomic E-state index is 1.25. The number of allylic oxidation sites excluding steroid dienone is 4. The van der Waals surface area contributed by atoms with E-state index >= 15 is 0 Å². The highest BCUT2D eigenvalue weighted by Crippen LogP contribution is 2.07. The third-order valence-corrected chi connectivity index (χ3v) is 3.33. The molecule has 0 spiro atoms. The molecule has 0 saturated heterocycles. The first kappa shape index (κ1) is 17.5. The number of rotatable bonds is 13. The summed E-state index contributed by atoms with van der Waals surface area (Å²) in [4.78, 5) is 0. The second-order valence-corrected chi connectivity index (χ2v) is 5.26. The molecular formula is C18H34. The van der Waals surface area contributed by atoms with Gasteiger partial charge in [-0.15, -0.1) is 0 Å². The maximum absolute atomic E-state index is 2.32. The Bertz CT molecular complexity index is 188. The molecule has 0 aliphatic rings. The molecule has 106 valence electrons. The summed E-state index contributed by atoms with van der Waals surface area (Å²) < 4.78 is 0. The van der Waals surface area contributed by atoms with Crippen molar-refractivity contribution in [3.8, 4) is 0 Å². The van der Waals surface area contributed by atoms with Crippen LogP contribution < -0.4 is 0 Å². The Morgan fingerprint density at radius 3 is 1.39 bits per heavy atom. The Balaban J connectivity index is 3.14. The number of hydrogen-bond acceptors (Lipinski definition) is 0. The van der Waals surface area contributed by atoms with Crippen LogP contribution in [0.25, 0.3) is 0 Å². The Morgan fingerprint density at radius 1 is 0.500 bits per heavy atom. The SMILES string of the molecule is CCCCCC/C=C/C=C/CCCCCCCC. The molecular weight excluding hydrogens is 216 g/mol. The Labute approximate surface area is 116 Å². The van der Waals surface area contributed by atoms with Crippen molar-refractivity contribution in [1.29, 1.82) is 0 Å². The third kappa shape index (κ3) is 15.5. The average Bonchev–Trinajstić information content (AvgIpc) is 2.39. The standard InChI is InChI=1S/C18H34/c1-3-5-7-9-11-13-15-17-18-16-14-12-10-8-6-4-2/h13,15,17-18H,3-12,14,16H2,1-2H3/b15-13+,18-17+. The van der Waals surface area contributed by atoms with Gasteiger partial charge in [0.25, 0.3) is 0 Å². The van der Waals surface area contributed by atoms with E-state index in [0.29, 0.717) is 0 Å². The smallest absolute Gasteiger partial charge is 0.0348 e. The van der Waals surface area contributed by atoms with Gasteiger partial charge in [-0.25, -0.2) is 0 Å². The maximum Gasteiger partial charge on any atom is -0.0348 e. The Kier molecular flexibility index (Phi) is 16.0. The molecule has 0 atom stereocenters. The lowest BCUT2D eigenvalue weighted by atomic mass is 10.1. The van der Waals surface area contributed by atoms with Gasteiger partial charge in [-0.05, 0) is 25.7 Å². The molecule has 0 fully saturated rings. The van der Waals surface area contributed by atoms with Crippen LogP contribution in [0.3, 0.4) is 0 Å². The van der Waals surface area contributed by atoms with Gasteiger partial charge >= 0.3 is 0 Å². The highest BCUT2D eigenvalue weighted by molar-refractivity contribution is 5.02. The van der Waals surface area contributed by atoms with E-state index in [9.17, 15) is 0 Å². The van der Waals surface area contributed by atoms with E-state index in [1.54, 1.807) is 0 Å². The molecule has 0 unspecified atom stereocenters. The van der Waals surface area contributed by atoms with E-state index in [0.717, 1.165) is 0 Å². The van der Waals surface area contributed by atoms with E-state index in [1.165, 1.54) is 77.0 Å². The van der Waals surface area contributed by atoms with Crippen LogP contribution in [-0.4, -0.2) is 0 Å². The topological polar surface area (TPSA) is 0 Å². The molecule has 0 heterocycles. The first-order valence-electron chi connectivity index (χ1n) is 8.23. The molecule has 0 rings (SSSR count). The average molecular weight is 250 g/mol. The summed E-state index contributed by atoms with van der Waals surface area (Å²) in [5, 5.41) is 0. The minimum Gasteiger partial charge on any atom is -0.0845 e. The molecule has 0 nitrogen and oxygen atoms in total. The van der Waals surface area contributed by atoms with Crippen molar-refractivity contribution < 1.29 is 0 Å². The lowest BCUT2D eigenvalue weighted by molar-refractivity contribution is 0.611. The van der Waals surface area contributed by atoms with Crippen LogP contribution in [0.4, 0.5) is 0 Å². The molecule has 0 bridgehead atoms. The van der Waals surface area contributed by atoms with Crippen molar-refractivity contribution in [2.75, 3.05) is 0 Å². The highest BCUT2D eigenvalue weighted by atomic mass is 13.9. The summed E-state index contributed by atoms with van der Waals surface area (Å²) in [5.74, 6) is 0. The van der Waals surface area contributed by atoms with Gasteiger partial charge in [0, 0.05) is 0 Å². The number of hydrogen-bond donors (Lipinski definition) is 0. The fourth-order valence-corrected chi connectivity index (χ4v) is 2.08. The van der Waals surface area contributed by atoms with Crippen molar-refractivity contribution in [1.82, 2.24) is 0 Å². The van der Waals surface area contributed by atoms with Gasteiger partial charge in [-0.3, -0.25) is 0 Å². The third-order valence-electron chi connectivity index (χ3n) is 3.33. The normalized spacial score (nSPS) is 11.9. The molecule has 0 amide bonds. The Morgan fingerprint density at radius 2 is 0.889 bits per heavy atom. The summed E-state index contributed by atoms with van der Waals surface area (Å²) >= 11 is 0. The van der Waals surface area contributed by atoms with Crippen molar-refractivity contribution in [3.63, 3.8) is 0 Å². The van der Waals surface area contributed by atoms with Crippen molar-refractivity contribution in [2.24, 2.45) is 0 Å². The quantitative estimate of drug-likeness (QED) is 0.248. The molecule has 0 saturated carbocycles. The molecule has 0 aromatic heterocycles. The number of unbranched alkanes of at least 4 members (excludes halogenated alkanes) is 10. The largest absolute Gasteiger partial charge is 0.0845 e. The van der Waals surface area contributed by atoms with Gasteiger partial charge in [-0.2, -0.15) is 0 Å². The van der Waals surface area contributed by atoms with Gasteiger partial charge in [-0.1, -0.05) is 89.5 Å². The molecule has 0 aromatic carbocycles. The second-order valence-electron chi connectivity index (χ2n) is 5.26. The van der Waals surface area contributed by atoms with Crippen LogP contribution in [-0.2, 0) is 0 Å². The monoisotopic (exact) mass is 250 g/mol. The molecule has 0 N–H and O–H groups in total. The Hall–Kier alpha value is -0.520. The van der Waals surface area contributed by atoms with Crippen molar-refractivity contribution in [2.45, 2.75) is 90.9 Å². The van der Waals surface area contributed by atoms with Crippen LogP contribution in [0.2, 0.25) is 0 Å². The van der Waals surface area contributed by atoms with E-state index in [-0.39, 0.29) is 0 Å². The predicted octanol–water partition coefficient (Wildman–Crippen LogP) is 6.82. The van der Waals surface area contributed by atoms with Crippen LogP contribution in [0.1, 0.15) is 90.9 Å². The minimum absolute atomic E-state index is 1.25. The first-order chi connectivity index (χ1) is 8.91. The molecule has 0 heteroatoms. The summed E-state index contributed by atoms with van der Waals surface area (Å²) in [6, 6.07) is 0. The lowest BCUT2D eigenvalue weighted by Gasteiger charge is -1.97. The van der Waals surface area contributed by atoms with Crippen molar-refractivity contribution >= 4 is 0 Å². The van der Waals surface area contributed by atoms with E-state index < -0.39 is 0 Å². The van der Waals surface area contributed by atoms with Gasteiger partial charge in [0.2, 0.25) is 0 Å². The van der Waals surface area contributed by atoms with Gasteiger partial charge in [0.05, 0.1) is 0 Å². The molecule has 0 aliphatic heterocycles. The van der Waals surface area contributed by atoms with E-state index in [1.807, 2.05) is 0 Å². The summed E-state index contributed by atoms with van der Waals surface area (Å²) in [5.41, 5.74) is 0. The molecule has 0 aromatic rings. The van der Waals surface area contributed by atoms with Gasteiger partial charge in [0.1, 0.15) is 0 Å². The first-order valence-corrected chi connectivity index (χ1v) is 8.23. The van der Waals surface area contributed by atoms with Crippen LogP contribution >= 0.6 is 0 Å². The zero-order chi connectivity index (χ0) is 13.3. The second kappa shape index (κ2) is 16.5. The van der Waals surface area contributed by atoms with Crippen LogP contribution in [0.5, 0.6) is 0 Å². The highest BCUT2D eigenvalue weighted by Gasteiger charge is 1.87. The van der Waals surface area contributed by atoms with Crippen molar-refractivity contribution in [3.05, 3.63) is 24.3 Å². The zero-order valence-electron chi connectivity index (χ0n) is 12.8. The van der Waals surface area contributed by atoms with Gasteiger partial charge < -0.3 is 0 Å². The lowest BCUT2D eigenvalue weighted by Crippen LogP contribution is -1.77. The molecule has 0 radical (unpaired) electrons. The van der Waals surface area contributed by atoms with Crippen LogP contribution in [0.15, 0.2) is 24.3 Å². The van der Waals surface area contributed by atoms with Crippen LogP contribution in [0, 0.1) is 0 Å². The van der Waals surface area contributed by atoms with E-state index in [4.69, 9.17) is 0 Å². The predicted molar refractivity (Wildman–Crippen MR) is 85.0 cm³/mol. The van der Waals surface area contributed by atoms with E-state index in [2.05, 4.69) is 38.2 Å². The summed E-state index contributed by atoms with van der Waals surface area (Å²) in [6.45, 7) is 4.54. The maximum atomic E-state index is 2.32. The zero-order valence-corrected chi connectivity index (χ0v) is 12.8. The van der Waals surface area contributed by atoms with Gasteiger partial charge in [0.15, 0.2) is 0 Å². The fraction of sp³-hybridized carbons (Fsp3) is 0.778. The summed E-state index contributed by atoms with van der Waals surface area (Å²) in [6.07, 6.45) is 25.5. The molecule has 0 aliphatic carbocycles. The summed E-state index contributed by atoms with van der Waals surface area (Å²) in [7, 11) is 0.